The van der Waals surface area contributed by atoms with E-state index in [2.05, 4.69) is 4.98 Å². The van der Waals surface area contributed by atoms with Crippen LogP contribution in [0.15, 0.2) is 65.3 Å². The quantitative estimate of drug-likeness (QED) is 0.329. The summed E-state index contributed by atoms with van der Waals surface area (Å²) in [5.74, 6) is -0.249. The van der Waals surface area contributed by atoms with Gasteiger partial charge in [0.15, 0.2) is 12.4 Å². The number of furan rings is 1. The molecule has 0 amide bonds. The second-order valence-corrected chi connectivity index (χ2v) is 7.30. The number of aromatic nitrogens is 1. The van der Waals surface area contributed by atoms with Gasteiger partial charge in [0, 0.05) is 10.9 Å². The molecule has 30 heavy (non-hydrogen) atoms. The first-order chi connectivity index (χ1) is 14.4. The maximum atomic E-state index is 12.9. The second-order valence-electron chi connectivity index (χ2n) is 7.30. The van der Waals surface area contributed by atoms with Gasteiger partial charge in [0.05, 0.1) is 17.3 Å². The van der Waals surface area contributed by atoms with Crippen molar-refractivity contribution in [2.24, 2.45) is 0 Å². The first-order valence-corrected chi connectivity index (χ1v) is 9.66. The highest BCUT2D eigenvalue weighted by Crippen LogP contribution is 2.26. The summed E-state index contributed by atoms with van der Waals surface area (Å²) >= 11 is 0. The smallest absolute Gasteiger partial charge is 0.339 e. The van der Waals surface area contributed by atoms with Crippen molar-refractivity contribution in [3.63, 3.8) is 0 Å². The van der Waals surface area contributed by atoms with Crippen molar-refractivity contribution < 1.29 is 18.7 Å². The average Bonchev–Trinajstić information content (AvgIpc) is 3.28. The number of aryl methyl sites for hydroxylation is 3. The minimum absolute atomic E-state index is 0.228. The van der Waals surface area contributed by atoms with E-state index in [0.29, 0.717) is 33.5 Å². The van der Waals surface area contributed by atoms with Crippen LogP contribution in [0.1, 0.15) is 37.4 Å². The third-order valence-electron chi connectivity index (χ3n) is 5.19. The molecule has 0 saturated carbocycles. The van der Waals surface area contributed by atoms with E-state index < -0.39 is 5.97 Å². The van der Waals surface area contributed by atoms with Crippen LogP contribution in [0.3, 0.4) is 0 Å². The van der Waals surface area contributed by atoms with E-state index in [4.69, 9.17) is 9.15 Å². The van der Waals surface area contributed by atoms with Crippen molar-refractivity contribution in [1.82, 2.24) is 4.98 Å². The molecule has 150 valence electrons. The largest absolute Gasteiger partial charge is 0.463 e. The van der Waals surface area contributed by atoms with Crippen LogP contribution >= 0.6 is 0 Å². The molecule has 0 aliphatic heterocycles. The fourth-order valence-corrected chi connectivity index (χ4v) is 3.44. The molecule has 0 spiro atoms. The van der Waals surface area contributed by atoms with Crippen LogP contribution in [0.4, 0.5) is 0 Å². The number of esters is 1. The number of para-hydroxylation sites is 1. The van der Waals surface area contributed by atoms with E-state index in [-0.39, 0.29) is 12.4 Å². The van der Waals surface area contributed by atoms with Crippen LogP contribution in [0.5, 0.6) is 0 Å². The van der Waals surface area contributed by atoms with Crippen LogP contribution < -0.4 is 0 Å². The summed E-state index contributed by atoms with van der Waals surface area (Å²) in [4.78, 5) is 30.1. The summed E-state index contributed by atoms with van der Waals surface area (Å²) in [6.07, 6.45) is 1.55. The predicted molar refractivity (Wildman–Crippen MR) is 115 cm³/mol. The topological polar surface area (TPSA) is 69.4 Å². The molecule has 2 heterocycles. The lowest BCUT2D eigenvalue weighted by molar-refractivity contribution is 0.0476. The van der Waals surface area contributed by atoms with Crippen molar-refractivity contribution >= 4 is 22.7 Å². The fraction of sp³-hybridized carbons (Fsp3) is 0.160. The molecule has 0 aliphatic rings. The number of ketones is 1. The van der Waals surface area contributed by atoms with Crippen molar-refractivity contribution in [2.45, 2.75) is 20.8 Å². The zero-order valence-electron chi connectivity index (χ0n) is 17.1. The lowest BCUT2D eigenvalue weighted by Crippen LogP contribution is -2.16. The number of rotatable bonds is 5. The second kappa shape index (κ2) is 7.95. The van der Waals surface area contributed by atoms with Crippen LogP contribution in [0, 0.1) is 20.8 Å². The van der Waals surface area contributed by atoms with E-state index in [1.807, 2.05) is 51.1 Å². The molecule has 0 saturated heterocycles. The van der Waals surface area contributed by atoms with Crippen LogP contribution in [0.25, 0.3) is 22.4 Å². The Morgan fingerprint density at radius 2 is 1.67 bits per heavy atom. The van der Waals surface area contributed by atoms with Crippen LogP contribution in [0.2, 0.25) is 0 Å². The Balaban J connectivity index is 1.62. The van der Waals surface area contributed by atoms with Gasteiger partial charge in [-0.25, -0.2) is 9.78 Å². The lowest BCUT2D eigenvalue weighted by atomic mass is 9.98. The van der Waals surface area contributed by atoms with Crippen molar-refractivity contribution in [1.29, 1.82) is 0 Å². The van der Waals surface area contributed by atoms with E-state index in [1.165, 1.54) is 0 Å². The van der Waals surface area contributed by atoms with Gasteiger partial charge in [-0.3, -0.25) is 4.79 Å². The van der Waals surface area contributed by atoms with Gasteiger partial charge in [-0.05, 0) is 67.8 Å². The van der Waals surface area contributed by atoms with Crippen molar-refractivity contribution in [3.05, 3.63) is 88.7 Å². The number of hydrogen-bond donors (Lipinski definition) is 0. The SMILES string of the molecule is Cc1cc(C)c(C(=O)COC(=O)c2cc(-c3ccco3)nc3ccccc23)cc1C. The Kier molecular flexibility index (Phi) is 5.19. The molecule has 2 aromatic heterocycles. The van der Waals surface area contributed by atoms with Gasteiger partial charge < -0.3 is 9.15 Å². The van der Waals surface area contributed by atoms with Gasteiger partial charge in [0.25, 0.3) is 0 Å². The number of carbonyl (C=O) groups excluding carboxylic acids is 2. The molecule has 0 aliphatic carbocycles. The van der Waals surface area contributed by atoms with Crippen molar-refractivity contribution in [2.75, 3.05) is 6.61 Å². The number of Topliss-reactive ketones (excluding diaryl/α,β-unsaturated/α-hetero) is 1. The highest BCUT2D eigenvalue weighted by molar-refractivity contribution is 6.06. The summed E-state index contributed by atoms with van der Waals surface area (Å²) in [5, 5.41) is 0.660. The highest BCUT2D eigenvalue weighted by atomic mass is 16.5. The third-order valence-corrected chi connectivity index (χ3v) is 5.19. The number of fused-ring (bicyclic) bond motifs is 1. The molecule has 5 nitrogen and oxygen atoms in total. The van der Waals surface area contributed by atoms with Gasteiger partial charge in [0.2, 0.25) is 5.78 Å². The Bertz CT molecular complexity index is 1260. The molecule has 2 aromatic carbocycles. The number of benzene rings is 2. The third kappa shape index (κ3) is 3.74. The molecule has 0 fully saturated rings. The van der Waals surface area contributed by atoms with Gasteiger partial charge in [-0.2, -0.15) is 0 Å². The molecular formula is C25H21NO4. The molecule has 0 bridgehead atoms. The molecule has 5 heteroatoms. The Hall–Kier alpha value is -3.73. The number of pyridine rings is 1. The Morgan fingerprint density at radius 3 is 2.43 bits per heavy atom. The number of ether oxygens (including phenoxy) is 1. The zero-order valence-corrected chi connectivity index (χ0v) is 17.1. The zero-order chi connectivity index (χ0) is 21.3. The average molecular weight is 399 g/mol. The first kappa shape index (κ1) is 19.6. The van der Waals surface area contributed by atoms with Crippen molar-refractivity contribution in [3.8, 4) is 11.5 Å². The Morgan fingerprint density at radius 1 is 0.900 bits per heavy atom. The standard InChI is InChI=1S/C25H21NO4/c1-15-11-17(3)19(12-16(15)2)23(27)14-30-25(28)20-13-22(24-9-6-10-29-24)26-21-8-5-4-7-18(20)21/h4-13H,14H2,1-3H3. The summed E-state index contributed by atoms with van der Waals surface area (Å²) in [5.41, 5.74) is 5.11. The number of carbonyl (C=O) groups is 2. The maximum absolute atomic E-state index is 12.9. The van der Waals surface area contributed by atoms with E-state index in [1.54, 1.807) is 30.5 Å². The molecule has 0 atom stereocenters. The summed E-state index contributed by atoms with van der Waals surface area (Å²) in [6, 6.07) is 16.3. The monoisotopic (exact) mass is 399 g/mol. The first-order valence-electron chi connectivity index (χ1n) is 9.66. The van der Waals surface area contributed by atoms with Crippen LogP contribution in [-0.2, 0) is 4.74 Å². The van der Waals surface area contributed by atoms with E-state index in [0.717, 1.165) is 16.7 Å². The minimum Gasteiger partial charge on any atom is -0.463 e. The van der Waals surface area contributed by atoms with E-state index >= 15 is 0 Å². The Labute approximate surface area is 174 Å². The molecule has 0 N–H and O–H groups in total. The molecule has 4 aromatic rings. The van der Waals surface area contributed by atoms with Gasteiger partial charge in [-0.15, -0.1) is 0 Å². The normalized spacial score (nSPS) is 10.9. The van der Waals surface area contributed by atoms with Crippen LogP contribution in [-0.4, -0.2) is 23.3 Å². The molecule has 0 radical (unpaired) electrons. The highest BCUT2D eigenvalue weighted by Gasteiger charge is 2.18. The number of hydrogen-bond acceptors (Lipinski definition) is 5. The van der Waals surface area contributed by atoms with Gasteiger partial charge in [-0.1, -0.05) is 24.3 Å². The summed E-state index contributed by atoms with van der Waals surface area (Å²) in [7, 11) is 0. The molecule has 4 rings (SSSR count). The molecular weight excluding hydrogens is 378 g/mol. The lowest BCUT2D eigenvalue weighted by Gasteiger charge is -2.11. The summed E-state index contributed by atoms with van der Waals surface area (Å²) in [6.45, 7) is 5.51. The number of nitrogens with zero attached hydrogens (tertiary/aromatic N) is 1. The minimum atomic E-state index is -0.573. The molecule has 0 unspecified atom stereocenters. The van der Waals surface area contributed by atoms with E-state index in [9.17, 15) is 9.59 Å². The fourth-order valence-electron chi connectivity index (χ4n) is 3.44. The van der Waals surface area contributed by atoms with Gasteiger partial charge in [0.1, 0.15) is 5.69 Å². The van der Waals surface area contributed by atoms with Gasteiger partial charge >= 0.3 is 5.97 Å². The summed E-state index contributed by atoms with van der Waals surface area (Å²) < 4.78 is 10.8. The predicted octanol–water partition coefficient (Wildman–Crippen LogP) is 5.46. The maximum Gasteiger partial charge on any atom is 0.339 e.